The first kappa shape index (κ1) is 35.3. The summed E-state index contributed by atoms with van der Waals surface area (Å²) in [6.07, 6.45) is 13.2. The number of nitrogens with zero attached hydrogens (tertiary/aromatic N) is 1. The number of para-hydroxylation sites is 1. The number of carbonyl (C=O) groups is 1. The lowest BCUT2D eigenvalue weighted by molar-refractivity contribution is -0.763. The quantitative estimate of drug-likeness (QED) is 0.106. The zero-order valence-corrected chi connectivity index (χ0v) is 24.4. The highest BCUT2D eigenvalue weighted by Gasteiger charge is 2.27. The number of nitrogens with one attached hydrogen (secondary N) is 1. The van der Waals surface area contributed by atoms with Gasteiger partial charge in [-0.2, -0.15) is 8.78 Å². The Kier molecular flexibility index (Phi) is 18.1. The molecule has 1 N–H and O–H groups in total. The standard InChI is InChI=1S/C15H18F2O.C15H20N2O4.C2H6/c16-15(17,11-10-13-6-4-5-7-13)12-18-14-8-2-1-3-9-14;1-2-3-4-5-10-15(18)16-11-13-8-6-7-9-14(13)12-21-17(19)20;1-2/h1-3,8-11,13H,4-7,12H2;2-3,6-9H,4-5,10-12H2,1H3,(H,16,18);1-2H3/b11-10+;3-2-;. The van der Waals surface area contributed by atoms with E-state index in [-0.39, 0.29) is 12.5 Å². The van der Waals surface area contributed by atoms with Gasteiger partial charge in [0.1, 0.15) is 12.4 Å². The summed E-state index contributed by atoms with van der Waals surface area (Å²) >= 11 is 0. The number of benzene rings is 2. The molecular weight excluding hydrogens is 530 g/mol. The predicted molar refractivity (Wildman–Crippen MR) is 158 cm³/mol. The summed E-state index contributed by atoms with van der Waals surface area (Å²) in [7, 11) is 0. The van der Waals surface area contributed by atoms with Crippen molar-refractivity contribution in [1.82, 2.24) is 5.32 Å². The smallest absolute Gasteiger partial charge is 0.299 e. The van der Waals surface area contributed by atoms with Crippen LogP contribution in [-0.4, -0.2) is 23.5 Å². The molecule has 0 unspecified atom stereocenters. The molecule has 0 atom stereocenters. The maximum Gasteiger partial charge on any atom is 0.299 e. The normalized spacial score (nSPS) is 13.2. The van der Waals surface area contributed by atoms with Gasteiger partial charge < -0.3 is 14.9 Å². The van der Waals surface area contributed by atoms with E-state index >= 15 is 0 Å². The number of amides is 1. The van der Waals surface area contributed by atoms with Crippen molar-refractivity contribution in [2.24, 2.45) is 5.92 Å². The number of carbonyl (C=O) groups excluding carboxylic acids is 1. The van der Waals surface area contributed by atoms with E-state index in [1.165, 1.54) is 0 Å². The van der Waals surface area contributed by atoms with Gasteiger partial charge in [-0.1, -0.05) is 87.4 Å². The Morgan fingerprint density at radius 3 is 2.34 bits per heavy atom. The number of hydrogen-bond donors (Lipinski definition) is 1. The third kappa shape index (κ3) is 16.8. The first-order chi connectivity index (χ1) is 19.8. The first-order valence-corrected chi connectivity index (χ1v) is 14.3. The van der Waals surface area contributed by atoms with Gasteiger partial charge in [-0.05, 0) is 67.9 Å². The Bertz CT molecular complexity index is 1060. The molecule has 0 aromatic heterocycles. The number of alkyl halides is 2. The second-order valence-corrected chi connectivity index (χ2v) is 9.27. The molecule has 1 saturated carbocycles. The van der Waals surface area contributed by atoms with Crippen molar-refractivity contribution >= 4 is 5.91 Å². The van der Waals surface area contributed by atoms with Crippen LogP contribution in [0, 0.1) is 16.0 Å². The fourth-order valence-corrected chi connectivity index (χ4v) is 3.99. The molecule has 1 aliphatic rings. The second-order valence-electron chi connectivity index (χ2n) is 9.27. The summed E-state index contributed by atoms with van der Waals surface area (Å²) in [4.78, 5) is 26.3. The number of hydrogen-bond acceptors (Lipinski definition) is 5. The van der Waals surface area contributed by atoms with Gasteiger partial charge in [0.05, 0.1) is 0 Å². The number of unbranched alkanes of at least 4 members (excludes halogenated alkanes) is 1. The lowest BCUT2D eigenvalue weighted by Gasteiger charge is -2.14. The van der Waals surface area contributed by atoms with E-state index in [9.17, 15) is 23.7 Å². The minimum Gasteiger partial charge on any atom is -0.487 e. The van der Waals surface area contributed by atoms with Gasteiger partial charge >= 0.3 is 0 Å². The van der Waals surface area contributed by atoms with Gasteiger partial charge in [0.2, 0.25) is 5.91 Å². The Morgan fingerprint density at radius 1 is 1.07 bits per heavy atom. The number of halogens is 2. The van der Waals surface area contributed by atoms with Crippen molar-refractivity contribution in [2.45, 2.75) is 84.8 Å². The fourth-order valence-electron chi connectivity index (χ4n) is 3.99. The van der Waals surface area contributed by atoms with Crippen molar-refractivity contribution < 1.29 is 28.2 Å². The summed E-state index contributed by atoms with van der Waals surface area (Å²) in [6, 6.07) is 15.9. The van der Waals surface area contributed by atoms with E-state index in [2.05, 4.69) is 10.2 Å². The average Bonchev–Trinajstić information content (AvgIpc) is 3.52. The highest BCUT2D eigenvalue weighted by atomic mass is 19.3. The maximum atomic E-state index is 13.6. The molecule has 0 aliphatic heterocycles. The number of allylic oxidation sites excluding steroid dienone is 3. The third-order valence-corrected chi connectivity index (χ3v) is 6.12. The Hall–Kier alpha value is -3.75. The molecule has 2 aromatic rings. The van der Waals surface area contributed by atoms with Crippen molar-refractivity contribution in [3.63, 3.8) is 0 Å². The summed E-state index contributed by atoms with van der Waals surface area (Å²) < 4.78 is 32.2. The van der Waals surface area contributed by atoms with Gasteiger partial charge in [0, 0.05) is 13.0 Å². The van der Waals surface area contributed by atoms with Crippen LogP contribution < -0.4 is 10.1 Å². The molecule has 0 spiro atoms. The highest BCUT2D eigenvalue weighted by molar-refractivity contribution is 5.75. The van der Waals surface area contributed by atoms with Gasteiger partial charge in [-0.25, -0.2) is 0 Å². The highest BCUT2D eigenvalue weighted by Crippen LogP contribution is 2.28. The Labute approximate surface area is 242 Å². The SMILES string of the molecule is C/C=C\CCCC(=O)NCc1ccccc1CO[N+](=O)[O-].CC.FC(F)(/C=C/C1CCCC1)COc1ccccc1. The largest absolute Gasteiger partial charge is 0.487 e. The van der Waals surface area contributed by atoms with Crippen molar-refractivity contribution in [1.29, 1.82) is 0 Å². The van der Waals surface area contributed by atoms with E-state index in [4.69, 9.17) is 4.74 Å². The summed E-state index contributed by atoms with van der Waals surface area (Å²) in [6.45, 7) is 5.59. The van der Waals surface area contributed by atoms with Crippen LogP contribution in [0.25, 0.3) is 0 Å². The summed E-state index contributed by atoms with van der Waals surface area (Å²) in [5, 5.41) is 12.2. The van der Waals surface area contributed by atoms with Crippen LogP contribution in [0.4, 0.5) is 8.78 Å². The maximum absolute atomic E-state index is 13.6. The summed E-state index contributed by atoms with van der Waals surface area (Å²) in [5.41, 5.74) is 1.52. The molecule has 0 saturated heterocycles. The second kappa shape index (κ2) is 21.1. The van der Waals surface area contributed by atoms with Gasteiger partial charge in [-0.15, -0.1) is 10.1 Å². The van der Waals surface area contributed by atoms with Crippen molar-refractivity contribution in [3.05, 3.63) is 100 Å². The van der Waals surface area contributed by atoms with E-state index in [0.717, 1.165) is 50.2 Å². The number of ether oxygens (including phenoxy) is 1. The Morgan fingerprint density at radius 2 is 1.71 bits per heavy atom. The van der Waals surface area contributed by atoms with Crippen LogP contribution in [-0.2, 0) is 22.8 Å². The zero-order valence-electron chi connectivity index (χ0n) is 24.4. The van der Waals surface area contributed by atoms with E-state index in [1.807, 2.05) is 51.1 Å². The topological polar surface area (TPSA) is 90.7 Å². The van der Waals surface area contributed by atoms with Crippen molar-refractivity contribution in [2.75, 3.05) is 6.61 Å². The van der Waals surface area contributed by atoms with Crippen LogP contribution in [0.2, 0.25) is 0 Å². The monoisotopic (exact) mass is 574 g/mol. The molecule has 7 nitrogen and oxygen atoms in total. The van der Waals surface area contributed by atoms with Crippen LogP contribution >= 0.6 is 0 Å². The molecule has 0 bridgehead atoms. The molecular formula is C32H44F2N2O5. The molecule has 1 amide bonds. The lowest BCUT2D eigenvalue weighted by Crippen LogP contribution is -2.23. The van der Waals surface area contributed by atoms with E-state index in [1.54, 1.807) is 42.5 Å². The predicted octanol–water partition coefficient (Wildman–Crippen LogP) is 8.23. The van der Waals surface area contributed by atoms with Gasteiger partial charge in [-0.3, -0.25) is 4.79 Å². The molecule has 3 rings (SSSR count). The van der Waals surface area contributed by atoms with E-state index in [0.29, 0.717) is 30.2 Å². The molecule has 41 heavy (non-hydrogen) atoms. The zero-order chi connectivity index (χ0) is 30.3. The number of rotatable bonds is 14. The van der Waals surface area contributed by atoms with Crippen LogP contribution in [0.15, 0.2) is 78.9 Å². The van der Waals surface area contributed by atoms with Crippen LogP contribution in [0.5, 0.6) is 5.75 Å². The summed E-state index contributed by atoms with van der Waals surface area (Å²) in [5.74, 6) is -2.11. The van der Waals surface area contributed by atoms with Crippen LogP contribution in [0.3, 0.4) is 0 Å². The van der Waals surface area contributed by atoms with Gasteiger partial charge in [0.15, 0.2) is 6.61 Å². The first-order valence-electron chi connectivity index (χ1n) is 14.3. The molecule has 9 heteroatoms. The molecule has 1 aliphatic carbocycles. The molecule has 1 fully saturated rings. The van der Waals surface area contributed by atoms with Crippen molar-refractivity contribution in [3.8, 4) is 5.75 Å². The minimum atomic E-state index is -2.89. The Balaban J connectivity index is 0.000000390. The lowest BCUT2D eigenvalue weighted by atomic mass is 10.1. The third-order valence-electron chi connectivity index (χ3n) is 6.12. The van der Waals surface area contributed by atoms with E-state index < -0.39 is 17.6 Å². The van der Waals surface area contributed by atoms with Gasteiger partial charge in [0.25, 0.3) is 11.0 Å². The fraction of sp³-hybridized carbons (Fsp3) is 0.469. The molecule has 226 valence electrons. The minimum absolute atomic E-state index is 0.0236. The molecule has 2 aromatic carbocycles. The van der Waals surface area contributed by atoms with Crippen LogP contribution in [0.1, 0.15) is 76.8 Å². The average molecular weight is 575 g/mol. The molecule has 0 heterocycles. The molecule has 0 radical (unpaired) electrons.